The van der Waals surface area contributed by atoms with Crippen LogP contribution in [0.25, 0.3) is 0 Å². The van der Waals surface area contributed by atoms with Gasteiger partial charge in [0.25, 0.3) is 0 Å². The topological polar surface area (TPSA) is 498 Å². The molecule has 0 saturated carbocycles. The van der Waals surface area contributed by atoms with Crippen molar-refractivity contribution >= 4 is 77.0 Å². The Kier molecular flexibility index (Phi) is 28.1. The van der Waals surface area contributed by atoms with E-state index in [0.29, 0.717) is 5.56 Å². The first-order chi connectivity index (χ1) is 35.5. The molecule has 424 valence electrons. The number of carbonyl (C=O) groups is 13. The van der Waals surface area contributed by atoms with E-state index >= 15 is 0 Å². The summed E-state index contributed by atoms with van der Waals surface area (Å²) in [5.74, 6) is -17.4. The van der Waals surface area contributed by atoms with Crippen LogP contribution in [0.3, 0.4) is 0 Å². The molecule has 1 aromatic rings. The Morgan fingerprint density at radius 1 is 0.447 bits per heavy atom. The summed E-state index contributed by atoms with van der Waals surface area (Å²) in [6.07, 6.45) is -3.56. The number of nitrogens with one attached hydrogen (secondary N) is 9. The molecule has 0 aliphatic rings. The normalized spacial score (nSPS) is 15.0. The number of aliphatic hydroxyl groups is 2. The van der Waals surface area contributed by atoms with Gasteiger partial charge in [-0.05, 0) is 48.8 Å². The number of carboxylic acid groups (broad SMARTS) is 4. The van der Waals surface area contributed by atoms with Crippen molar-refractivity contribution in [3.05, 3.63) is 29.8 Å². The van der Waals surface area contributed by atoms with Crippen molar-refractivity contribution < 1.29 is 98.1 Å². The minimum Gasteiger partial charge on any atom is -0.508 e. The molecule has 0 heterocycles. The van der Waals surface area contributed by atoms with Gasteiger partial charge in [0, 0.05) is 12.8 Å². The smallest absolute Gasteiger partial charge is 0.326 e. The first-order valence-corrected chi connectivity index (χ1v) is 23.9. The summed E-state index contributed by atoms with van der Waals surface area (Å²) in [4.78, 5) is 166. The van der Waals surface area contributed by atoms with Crippen molar-refractivity contribution in [2.45, 2.75) is 147 Å². The molecule has 10 atom stereocenters. The lowest BCUT2D eigenvalue weighted by Gasteiger charge is -2.29. The number of aromatic hydroxyl groups is 1. The minimum absolute atomic E-state index is 0.0937. The second-order valence-corrected chi connectivity index (χ2v) is 18.0. The summed E-state index contributed by atoms with van der Waals surface area (Å²) in [6.45, 7) is 6.64. The van der Waals surface area contributed by atoms with Crippen LogP contribution in [-0.2, 0) is 68.7 Å². The van der Waals surface area contributed by atoms with Crippen molar-refractivity contribution in [3.63, 3.8) is 0 Å². The molecule has 30 heteroatoms. The lowest BCUT2D eigenvalue weighted by atomic mass is 9.98. The number of amides is 9. The standard InChI is InChI=1S/C46H70N10O20/c1-7-25(39(68)53-31(19-58)43(72)52-29(46(75)76)15-22-9-11-23(59)12-10-22)48-42(71)30(18-57)54-40(69)27(16-33(62)63)51-38(67)26(8-2)49-44(73)35(20(3)4)56-45(74)36(21(5)6)55-41(70)28(17-34(64)65)50-37(66)24(47)13-14-32(60)61/h9-12,20-21,24-31,35-36,57-59H,7-8,13-19,47H2,1-6H3,(H,48,71)(H,49,73)(H,50,66)(H,51,67)(H,52,72)(H,53,68)(H,54,69)(H,55,70)(H,56,74)(H,60,61)(H,62,63)(H,64,65)(H,75,76)/t24-,25?,26?,27-,28-,29-,30-,31-,35-,36-/m0/s1. The Bertz CT molecular complexity index is 2250. The number of aliphatic carboxylic acids is 4. The fourth-order valence-electron chi connectivity index (χ4n) is 6.81. The van der Waals surface area contributed by atoms with Crippen LogP contribution in [0.15, 0.2) is 24.3 Å². The number of carboxylic acids is 4. The van der Waals surface area contributed by atoms with Gasteiger partial charge in [0.2, 0.25) is 53.2 Å². The van der Waals surface area contributed by atoms with E-state index in [4.69, 9.17) is 10.8 Å². The fraction of sp³-hybridized carbons (Fsp3) is 0.587. The quantitative estimate of drug-likeness (QED) is 0.0306. The average molecular weight is 1080 g/mol. The van der Waals surface area contributed by atoms with E-state index in [9.17, 15) is 93.0 Å². The molecule has 0 aliphatic heterocycles. The van der Waals surface area contributed by atoms with Gasteiger partial charge in [-0.25, -0.2) is 4.79 Å². The third-order valence-corrected chi connectivity index (χ3v) is 11.2. The van der Waals surface area contributed by atoms with E-state index in [2.05, 4.69) is 47.9 Å². The highest BCUT2D eigenvalue weighted by molar-refractivity contribution is 5.99. The zero-order valence-electron chi connectivity index (χ0n) is 42.6. The monoisotopic (exact) mass is 1080 g/mol. The maximum absolute atomic E-state index is 13.7. The third kappa shape index (κ3) is 22.6. The second kappa shape index (κ2) is 32.3. The molecule has 2 unspecified atom stereocenters. The van der Waals surface area contributed by atoms with E-state index in [1.165, 1.54) is 65.8 Å². The number of phenolic OH excluding ortho intramolecular Hbond substituents is 1. The largest absolute Gasteiger partial charge is 0.508 e. The molecular weight excluding hydrogens is 1010 g/mol. The molecule has 0 radical (unpaired) electrons. The van der Waals surface area contributed by atoms with Gasteiger partial charge >= 0.3 is 23.9 Å². The Morgan fingerprint density at radius 2 is 0.776 bits per heavy atom. The van der Waals surface area contributed by atoms with Crippen LogP contribution in [-0.4, -0.2) is 186 Å². The molecular formula is C46H70N10O20. The summed E-state index contributed by atoms with van der Waals surface area (Å²) in [5, 5.41) is 87.2. The van der Waals surface area contributed by atoms with E-state index in [0.717, 1.165) is 0 Å². The lowest BCUT2D eigenvalue weighted by Crippen LogP contribution is -2.62. The van der Waals surface area contributed by atoms with Crippen LogP contribution in [0.4, 0.5) is 0 Å². The summed E-state index contributed by atoms with van der Waals surface area (Å²) in [5.41, 5.74) is 6.10. The number of hydrogen-bond donors (Lipinski definition) is 17. The zero-order chi connectivity index (χ0) is 58.1. The predicted octanol–water partition coefficient (Wildman–Crippen LogP) is -5.36. The SMILES string of the molecule is CCC(NC(=O)[C@H](CO)NC(=O)[C@H](CC(=O)O)NC(=O)C(CC)NC(=O)[C@@H](NC(=O)[C@@H](NC(=O)[C@H](CC(=O)O)NC(=O)[C@@H](N)CCC(=O)O)C(C)C)C(C)C)C(=O)N[C@@H](CO)C(=O)N[C@@H](Cc1ccc(O)cc1)C(=O)O. The maximum Gasteiger partial charge on any atom is 0.326 e. The van der Waals surface area contributed by atoms with Crippen LogP contribution in [0.1, 0.15) is 85.6 Å². The minimum atomic E-state index is -1.97. The van der Waals surface area contributed by atoms with Crippen LogP contribution in [0.5, 0.6) is 5.75 Å². The number of aliphatic hydroxyl groups excluding tert-OH is 2. The van der Waals surface area contributed by atoms with E-state index in [1.54, 1.807) is 0 Å². The molecule has 9 amide bonds. The van der Waals surface area contributed by atoms with Crippen molar-refractivity contribution in [3.8, 4) is 5.75 Å². The fourth-order valence-corrected chi connectivity index (χ4v) is 6.81. The third-order valence-electron chi connectivity index (χ3n) is 11.2. The molecule has 0 fully saturated rings. The van der Waals surface area contributed by atoms with Gasteiger partial charge in [0.15, 0.2) is 0 Å². The summed E-state index contributed by atoms with van der Waals surface area (Å²) in [6, 6.07) is -10.9. The molecule has 1 rings (SSSR count). The van der Waals surface area contributed by atoms with Crippen molar-refractivity contribution in [2.24, 2.45) is 17.6 Å². The number of phenols is 1. The number of carbonyl (C=O) groups excluding carboxylic acids is 9. The summed E-state index contributed by atoms with van der Waals surface area (Å²) < 4.78 is 0. The molecule has 0 bridgehead atoms. The van der Waals surface area contributed by atoms with Gasteiger partial charge in [-0.1, -0.05) is 53.7 Å². The van der Waals surface area contributed by atoms with E-state index < -0.39 is 182 Å². The number of rotatable bonds is 34. The van der Waals surface area contributed by atoms with Gasteiger partial charge in [0.1, 0.15) is 60.1 Å². The van der Waals surface area contributed by atoms with Gasteiger partial charge in [-0.3, -0.25) is 57.5 Å². The van der Waals surface area contributed by atoms with Crippen molar-refractivity contribution in [1.29, 1.82) is 0 Å². The predicted molar refractivity (Wildman–Crippen MR) is 261 cm³/mol. The van der Waals surface area contributed by atoms with Gasteiger partial charge in [0.05, 0.1) is 32.1 Å². The Hall–Kier alpha value is -7.99. The molecule has 18 N–H and O–H groups in total. The first kappa shape index (κ1) is 66.0. The summed E-state index contributed by atoms with van der Waals surface area (Å²) in [7, 11) is 0. The molecule has 0 saturated heterocycles. The van der Waals surface area contributed by atoms with Crippen LogP contribution < -0.4 is 53.6 Å². The molecule has 76 heavy (non-hydrogen) atoms. The second-order valence-electron chi connectivity index (χ2n) is 18.0. The Labute approximate surface area is 435 Å². The van der Waals surface area contributed by atoms with Crippen LogP contribution >= 0.6 is 0 Å². The number of benzene rings is 1. The average Bonchev–Trinajstić information content (AvgIpc) is 3.34. The van der Waals surface area contributed by atoms with Crippen molar-refractivity contribution in [2.75, 3.05) is 13.2 Å². The highest BCUT2D eigenvalue weighted by Crippen LogP contribution is 2.13. The lowest BCUT2D eigenvalue weighted by molar-refractivity contribution is -0.143. The van der Waals surface area contributed by atoms with Gasteiger partial charge in [-0.2, -0.15) is 0 Å². The number of nitrogens with two attached hydrogens (primary N) is 1. The highest BCUT2D eigenvalue weighted by Gasteiger charge is 2.37. The van der Waals surface area contributed by atoms with Crippen LogP contribution in [0.2, 0.25) is 0 Å². The van der Waals surface area contributed by atoms with E-state index in [-0.39, 0.29) is 31.4 Å². The Morgan fingerprint density at radius 3 is 1.16 bits per heavy atom. The van der Waals surface area contributed by atoms with E-state index in [1.807, 2.05) is 0 Å². The first-order valence-electron chi connectivity index (χ1n) is 23.9. The van der Waals surface area contributed by atoms with Gasteiger partial charge in [-0.15, -0.1) is 0 Å². The molecule has 30 nitrogen and oxygen atoms in total. The van der Waals surface area contributed by atoms with Crippen LogP contribution in [0, 0.1) is 11.8 Å². The zero-order valence-corrected chi connectivity index (χ0v) is 42.6. The van der Waals surface area contributed by atoms with Gasteiger partial charge < -0.3 is 89.3 Å². The summed E-state index contributed by atoms with van der Waals surface area (Å²) >= 11 is 0. The molecule has 0 aliphatic carbocycles. The molecule has 0 aromatic heterocycles. The van der Waals surface area contributed by atoms with Crippen molar-refractivity contribution in [1.82, 2.24) is 47.9 Å². The highest BCUT2D eigenvalue weighted by atomic mass is 16.4. The Balaban J connectivity index is 3.14. The number of hydrogen-bond acceptors (Lipinski definition) is 17. The maximum atomic E-state index is 13.7. The molecule has 0 spiro atoms. The molecule has 1 aromatic carbocycles.